The molecule has 2 N–H and O–H groups in total. The summed E-state index contributed by atoms with van der Waals surface area (Å²) in [6.07, 6.45) is 3.11. The SMILES string of the molecule is O=[N+]([O-])c1cc(/C=N/c2ccc(S(=O)(=O)NC3NC=CS3)cc2)c2c(c1)COCO2. The summed E-state index contributed by atoms with van der Waals surface area (Å²) in [5.74, 6) is 0.481. The van der Waals surface area contributed by atoms with Gasteiger partial charge in [0.05, 0.1) is 22.1 Å². The Morgan fingerprint density at radius 3 is 2.80 bits per heavy atom. The molecule has 4 rings (SSSR count). The van der Waals surface area contributed by atoms with E-state index in [1.165, 1.54) is 42.2 Å². The fourth-order valence-electron chi connectivity index (χ4n) is 2.84. The predicted molar refractivity (Wildman–Crippen MR) is 111 cm³/mol. The van der Waals surface area contributed by atoms with Crippen LogP contribution in [0.25, 0.3) is 0 Å². The van der Waals surface area contributed by atoms with E-state index in [9.17, 15) is 18.5 Å². The average molecular weight is 448 g/mol. The topological polar surface area (TPSA) is 132 Å². The number of benzene rings is 2. The Balaban J connectivity index is 1.55. The molecule has 0 aromatic heterocycles. The second-order valence-electron chi connectivity index (χ2n) is 6.25. The van der Waals surface area contributed by atoms with E-state index in [1.807, 2.05) is 0 Å². The van der Waals surface area contributed by atoms with Gasteiger partial charge in [-0.3, -0.25) is 15.1 Å². The quantitative estimate of drug-likeness (QED) is 0.391. The molecule has 10 nitrogen and oxygen atoms in total. The summed E-state index contributed by atoms with van der Waals surface area (Å²) in [4.78, 5) is 15.1. The molecule has 2 heterocycles. The molecule has 0 bridgehead atoms. The molecule has 0 radical (unpaired) electrons. The lowest BCUT2D eigenvalue weighted by Crippen LogP contribution is -2.38. The highest BCUT2D eigenvalue weighted by atomic mass is 32.2. The third kappa shape index (κ3) is 4.46. The number of thioether (sulfide) groups is 1. The number of nitro groups is 1. The minimum atomic E-state index is -3.69. The number of rotatable bonds is 6. The van der Waals surface area contributed by atoms with Crippen molar-refractivity contribution in [3.8, 4) is 5.75 Å². The van der Waals surface area contributed by atoms with Gasteiger partial charge in [0.2, 0.25) is 10.0 Å². The maximum absolute atomic E-state index is 12.4. The summed E-state index contributed by atoms with van der Waals surface area (Å²) < 4.78 is 38.0. The van der Waals surface area contributed by atoms with Gasteiger partial charge >= 0.3 is 0 Å². The first-order chi connectivity index (χ1) is 14.4. The third-order valence-electron chi connectivity index (χ3n) is 4.23. The van der Waals surface area contributed by atoms with Crippen LogP contribution in [0.1, 0.15) is 11.1 Å². The van der Waals surface area contributed by atoms with Crippen molar-refractivity contribution in [1.82, 2.24) is 10.0 Å². The summed E-state index contributed by atoms with van der Waals surface area (Å²) >= 11 is 1.31. The highest BCUT2D eigenvalue weighted by molar-refractivity contribution is 8.03. The van der Waals surface area contributed by atoms with Gasteiger partial charge in [0.15, 0.2) is 6.79 Å². The van der Waals surface area contributed by atoms with Gasteiger partial charge < -0.3 is 14.8 Å². The van der Waals surface area contributed by atoms with Crippen LogP contribution in [0.15, 0.2) is 57.9 Å². The van der Waals surface area contributed by atoms with Gasteiger partial charge in [-0.15, -0.1) is 0 Å². The second kappa shape index (κ2) is 8.44. The molecule has 0 amide bonds. The van der Waals surface area contributed by atoms with Crippen LogP contribution in [-0.2, 0) is 21.4 Å². The van der Waals surface area contributed by atoms with Crippen molar-refractivity contribution in [2.45, 2.75) is 17.0 Å². The standard InChI is InChI=1S/C18H16N4O6S2/c23-22(24)15-7-12(17-13(8-15)10-27-11-28-17)9-20-14-1-3-16(4-2-14)30(25,26)21-18-19-5-6-29-18/h1-9,18-19,21H,10-11H2/b20-9+. The van der Waals surface area contributed by atoms with E-state index in [0.29, 0.717) is 22.6 Å². The number of non-ortho nitro benzene ring substituents is 1. The summed E-state index contributed by atoms with van der Waals surface area (Å²) in [6, 6.07) is 8.76. The molecule has 1 atom stereocenters. The predicted octanol–water partition coefficient (Wildman–Crippen LogP) is 2.58. The normalized spacial score (nSPS) is 18.1. The smallest absolute Gasteiger partial charge is 0.270 e. The first kappa shape index (κ1) is 20.3. The number of nitro benzene ring substituents is 1. The molecule has 156 valence electrons. The molecule has 30 heavy (non-hydrogen) atoms. The molecular weight excluding hydrogens is 432 g/mol. The zero-order valence-electron chi connectivity index (χ0n) is 15.3. The monoisotopic (exact) mass is 448 g/mol. The molecule has 2 aromatic rings. The molecule has 2 aliphatic rings. The minimum Gasteiger partial charge on any atom is -0.466 e. The van der Waals surface area contributed by atoms with Crippen molar-refractivity contribution in [2.75, 3.05) is 6.79 Å². The van der Waals surface area contributed by atoms with Crippen LogP contribution < -0.4 is 14.8 Å². The molecular formula is C18H16N4O6S2. The zero-order valence-corrected chi connectivity index (χ0v) is 17.0. The van der Waals surface area contributed by atoms with Crippen molar-refractivity contribution in [1.29, 1.82) is 0 Å². The molecule has 0 fully saturated rings. The first-order valence-electron chi connectivity index (χ1n) is 8.67. The fourth-order valence-corrected chi connectivity index (χ4v) is 4.90. The molecule has 0 spiro atoms. The molecule has 0 aliphatic carbocycles. The number of ether oxygens (including phenoxy) is 2. The van der Waals surface area contributed by atoms with E-state index in [4.69, 9.17) is 9.47 Å². The van der Waals surface area contributed by atoms with E-state index in [2.05, 4.69) is 15.0 Å². The van der Waals surface area contributed by atoms with Crippen LogP contribution in [0.2, 0.25) is 0 Å². The number of aliphatic imine (C=N–C) groups is 1. The van der Waals surface area contributed by atoms with Crippen molar-refractivity contribution >= 4 is 39.4 Å². The summed E-state index contributed by atoms with van der Waals surface area (Å²) in [5.41, 5.74) is 0.952. The van der Waals surface area contributed by atoms with Crippen molar-refractivity contribution in [3.63, 3.8) is 0 Å². The van der Waals surface area contributed by atoms with Gasteiger partial charge in [0.25, 0.3) is 5.69 Å². The van der Waals surface area contributed by atoms with Crippen LogP contribution in [0.4, 0.5) is 11.4 Å². The van der Waals surface area contributed by atoms with Crippen LogP contribution in [-0.4, -0.2) is 31.8 Å². The zero-order chi connectivity index (χ0) is 21.1. The van der Waals surface area contributed by atoms with Gasteiger partial charge in [-0.2, -0.15) is 4.72 Å². The van der Waals surface area contributed by atoms with Crippen molar-refractivity contribution in [3.05, 3.63) is 69.2 Å². The van der Waals surface area contributed by atoms with Crippen LogP contribution in [0.5, 0.6) is 5.75 Å². The fraction of sp³-hybridized carbons (Fsp3) is 0.167. The Labute approximate surface area is 176 Å². The maximum Gasteiger partial charge on any atom is 0.270 e. The minimum absolute atomic E-state index is 0.0505. The van der Waals surface area contributed by atoms with E-state index >= 15 is 0 Å². The van der Waals surface area contributed by atoms with E-state index in [1.54, 1.807) is 23.7 Å². The Morgan fingerprint density at radius 1 is 1.30 bits per heavy atom. The highest BCUT2D eigenvalue weighted by Gasteiger charge is 2.21. The number of nitrogens with zero attached hydrogens (tertiary/aromatic N) is 2. The summed E-state index contributed by atoms with van der Waals surface area (Å²) in [5, 5.41) is 15.8. The van der Waals surface area contributed by atoms with Gasteiger partial charge in [0, 0.05) is 35.7 Å². The third-order valence-corrected chi connectivity index (χ3v) is 6.63. The van der Waals surface area contributed by atoms with Gasteiger partial charge in [-0.25, -0.2) is 8.42 Å². The maximum atomic E-state index is 12.4. The van der Waals surface area contributed by atoms with Crippen molar-refractivity contribution < 1.29 is 22.8 Å². The number of nitrogens with one attached hydrogen (secondary N) is 2. The molecule has 1 unspecified atom stereocenters. The number of hydrogen-bond donors (Lipinski definition) is 2. The van der Waals surface area contributed by atoms with Crippen LogP contribution in [0, 0.1) is 10.1 Å². The van der Waals surface area contributed by atoms with E-state index in [0.717, 1.165) is 0 Å². The Kier molecular flexibility index (Phi) is 5.72. The van der Waals surface area contributed by atoms with Crippen LogP contribution >= 0.6 is 11.8 Å². The molecule has 2 aliphatic heterocycles. The Hall–Kier alpha value is -2.93. The Morgan fingerprint density at radius 2 is 2.10 bits per heavy atom. The number of sulfonamides is 1. The van der Waals surface area contributed by atoms with Gasteiger partial charge in [0.1, 0.15) is 11.2 Å². The summed E-state index contributed by atoms with van der Waals surface area (Å²) in [7, 11) is -3.69. The first-order valence-corrected chi connectivity index (χ1v) is 11.1. The number of fused-ring (bicyclic) bond motifs is 1. The second-order valence-corrected chi connectivity index (χ2v) is 8.98. The number of hydrogen-bond acceptors (Lipinski definition) is 9. The van der Waals surface area contributed by atoms with Crippen molar-refractivity contribution in [2.24, 2.45) is 4.99 Å². The molecule has 0 saturated carbocycles. The molecule has 2 aromatic carbocycles. The largest absolute Gasteiger partial charge is 0.466 e. The van der Waals surface area contributed by atoms with Gasteiger partial charge in [-0.1, -0.05) is 11.8 Å². The lowest BCUT2D eigenvalue weighted by Gasteiger charge is -2.19. The summed E-state index contributed by atoms with van der Waals surface area (Å²) in [6.45, 7) is 0.260. The van der Waals surface area contributed by atoms with E-state index < -0.39 is 20.4 Å². The highest BCUT2D eigenvalue weighted by Crippen LogP contribution is 2.32. The lowest BCUT2D eigenvalue weighted by molar-refractivity contribution is -0.385. The van der Waals surface area contributed by atoms with E-state index in [-0.39, 0.29) is 24.0 Å². The van der Waals surface area contributed by atoms with Gasteiger partial charge in [-0.05, 0) is 29.7 Å². The average Bonchev–Trinajstić information content (AvgIpc) is 3.24. The molecule has 12 heteroatoms. The Bertz CT molecular complexity index is 1120. The molecule has 0 saturated heterocycles. The lowest BCUT2D eigenvalue weighted by atomic mass is 10.1. The van der Waals surface area contributed by atoms with Crippen LogP contribution in [0.3, 0.4) is 0 Å².